The maximum absolute atomic E-state index is 12.4. The maximum atomic E-state index is 12.4. The van der Waals surface area contributed by atoms with Crippen molar-refractivity contribution in [3.8, 4) is 0 Å². The second-order valence-corrected chi connectivity index (χ2v) is 9.47. The molecule has 2 rings (SSSR count). The first kappa shape index (κ1) is 21.3. The number of aromatic nitrogens is 2. The summed E-state index contributed by atoms with van der Waals surface area (Å²) >= 11 is 1.24. The summed E-state index contributed by atoms with van der Waals surface area (Å²) < 4.78 is 25.9. The van der Waals surface area contributed by atoms with Gasteiger partial charge in [-0.05, 0) is 51.0 Å². The number of anilines is 1. The summed E-state index contributed by atoms with van der Waals surface area (Å²) in [5, 5.41) is 3.28. The van der Waals surface area contributed by atoms with Crippen LogP contribution in [0, 0.1) is 27.7 Å². The van der Waals surface area contributed by atoms with E-state index in [-0.39, 0.29) is 16.6 Å². The molecule has 146 valence electrons. The summed E-state index contributed by atoms with van der Waals surface area (Å²) in [7, 11) is -0.629. The molecule has 0 radical (unpaired) electrons. The highest BCUT2D eigenvalue weighted by Crippen LogP contribution is 2.23. The zero-order valence-corrected chi connectivity index (χ0v) is 18.0. The normalized spacial score (nSPS) is 11.7. The molecular formula is C18H24N4O3S2. The lowest BCUT2D eigenvalue weighted by Crippen LogP contribution is -2.23. The van der Waals surface area contributed by atoms with Gasteiger partial charge in [-0.3, -0.25) is 4.79 Å². The van der Waals surface area contributed by atoms with Gasteiger partial charge in [0.1, 0.15) is 0 Å². The second-order valence-electron chi connectivity index (χ2n) is 6.41. The van der Waals surface area contributed by atoms with Gasteiger partial charge in [-0.25, -0.2) is 22.7 Å². The molecule has 0 unspecified atom stereocenters. The Hall–Kier alpha value is -1.97. The molecule has 0 aliphatic rings. The van der Waals surface area contributed by atoms with E-state index in [2.05, 4.69) is 15.3 Å². The average Bonchev–Trinajstić information content (AvgIpc) is 2.59. The first-order valence-electron chi connectivity index (χ1n) is 8.30. The number of hydrogen-bond acceptors (Lipinski definition) is 6. The Morgan fingerprint density at radius 2 is 1.70 bits per heavy atom. The Morgan fingerprint density at radius 3 is 2.26 bits per heavy atom. The fourth-order valence-electron chi connectivity index (χ4n) is 2.29. The van der Waals surface area contributed by atoms with Crippen LogP contribution in [-0.2, 0) is 14.8 Å². The SMILES string of the molecule is Cc1ccc(NC(=O)CSc2nc(C)c(C)c(C)n2)cc1S(=O)(=O)N(C)C. The summed E-state index contributed by atoms with van der Waals surface area (Å²) in [6, 6.07) is 4.84. The van der Waals surface area contributed by atoms with Crippen LogP contribution in [0.4, 0.5) is 5.69 Å². The van der Waals surface area contributed by atoms with E-state index in [9.17, 15) is 13.2 Å². The van der Waals surface area contributed by atoms with Gasteiger partial charge in [0.25, 0.3) is 0 Å². The van der Waals surface area contributed by atoms with Gasteiger partial charge in [-0.2, -0.15) is 0 Å². The van der Waals surface area contributed by atoms with Crippen molar-refractivity contribution >= 4 is 33.4 Å². The maximum Gasteiger partial charge on any atom is 0.242 e. The van der Waals surface area contributed by atoms with E-state index in [4.69, 9.17) is 0 Å². The Bertz CT molecular complexity index is 950. The number of benzene rings is 1. The van der Waals surface area contributed by atoms with Gasteiger partial charge in [-0.1, -0.05) is 17.8 Å². The van der Waals surface area contributed by atoms with Crippen LogP contribution in [0.25, 0.3) is 0 Å². The number of sulfonamides is 1. The molecule has 0 atom stereocenters. The van der Waals surface area contributed by atoms with Crippen molar-refractivity contribution in [3.05, 3.63) is 40.7 Å². The Labute approximate surface area is 164 Å². The van der Waals surface area contributed by atoms with Crippen LogP contribution in [0.15, 0.2) is 28.3 Å². The van der Waals surface area contributed by atoms with Gasteiger partial charge in [-0.15, -0.1) is 0 Å². The van der Waals surface area contributed by atoms with E-state index in [1.165, 1.54) is 31.9 Å². The molecule has 9 heteroatoms. The van der Waals surface area contributed by atoms with Gasteiger partial charge in [0.15, 0.2) is 5.16 Å². The molecule has 7 nitrogen and oxygen atoms in total. The second kappa shape index (κ2) is 8.37. The quantitative estimate of drug-likeness (QED) is 0.584. The highest BCUT2D eigenvalue weighted by atomic mass is 32.2. The Balaban J connectivity index is 2.10. The minimum Gasteiger partial charge on any atom is -0.325 e. The molecular weight excluding hydrogens is 384 g/mol. The van der Waals surface area contributed by atoms with E-state index in [0.29, 0.717) is 16.4 Å². The molecule has 1 aromatic carbocycles. The van der Waals surface area contributed by atoms with Crippen molar-refractivity contribution < 1.29 is 13.2 Å². The zero-order chi connectivity index (χ0) is 20.4. The summed E-state index contributed by atoms with van der Waals surface area (Å²) in [5.74, 6) is -0.123. The third-order valence-electron chi connectivity index (χ3n) is 4.17. The molecule has 0 aliphatic heterocycles. The van der Waals surface area contributed by atoms with E-state index in [1.807, 2.05) is 20.8 Å². The fraction of sp³-hybridized carbons (Fsp3) is 0.389. The van der Waals surface area contributed by atoms with Gasteiger partial charge in [0, 0.05) is 31.2 Å². The standard InChI is InChI=1S/C18H24N4O3S2/c1-11-7-8-15(9-16(11)27(24,25)22(5)6)21-17(23)10-26-18-19-13(3)12(2)14(4)20-18/h7-9H,10H2,1-6H3,(H,21,23). The molecule has 1 amide bonds. The van der Waals surface area contributed by atoms with Crippen molar-refractivity contribution in [1.82, 2.24) is 14.3 Å². The van der Waals surface area contributed by atoms with Gasteiger partial charge in [0.05, 0.1) is 10.6 Å². The zero-order valence-electron chi connectivity index (χ0n) is 16.3. The predicted molar refractivity (Wildman–Crippen MR) is 108 cm³/mol. The van der Waals surface area contributed by atoms with Gasteiger partial charge in [0.2, 0.25) is 15.9 Å². The predicted octanol–water partition coefficient (Wildman–Crippen LogP) is 2.69. The van der Waals surface area contributed by atoms with Crippen molar-refractivity contribution in [1.29, 1.82) is 0 Å². The van der Waals surface area contributed by atoms with Crippen LogP contribution >= 0.6 is 11.8 Å². The summed E-state index contributed by atoms with van der Waals surface area (Å²) in [4.78, 5) is 21.2. The smallest absolute Gasteiger partial charge is 0.242 e. The van der Waals surface area contributed by atoms with Gasteiger partial charge < -0.3 is 5.32 Å². The third-order valence-corrected chi connectivity index (χ3v) is 6.98. The number of carbonyl (C=O) groups is 1. The number of amides is 1. The molecule has 0 aliphatic carbocycles. The fourth-order valence-corrected chi connectivity index (χ4v) is 4.17. The monoisotopic (exact) mass is 408 g/mol. The summed E-state index contributed by atoms with van der Waals surface area (Å²) in [6.07, 6.45) is 0. The van der Waals surface area contributed by atoms with Crippen LogP contribution < -0.4 is 5.32 Å². The first-order valence-corrected chi connectivity index (χ1v) is 10.7. The Kier molecular flexibility index (Phi) is 6.61. The number of nitrogens with one attached hydrogen (secondary N) is 1. The van der Waals surface area contributed by atoms with Crippen LogP contribution in [0.3, 0.4) is 0 Å². The minimum absolute atomic E-state index is 0.131. The van der Waals surface area contributed by atoms with E-state index in [1.54, 1.807) is 19.1 Å². The van der Waals surface area contributed by atoms with Crippen LogP contribution in [0.2, 0.25) is 0 Å². The molecule has 0 saturated heterocycles. The molecule has 0 fully saturated rings. The molecule has 1 heterocycles. The lowest BCUT2D eigenvalue weighted by Gasteiger charge is -2.15. The minimum atomic E-state index is -3.58. The third kappa shape index (κ3) is 5.06. The number of rotatable bonds is 6. The van der Waals surface area contributed by atoms with E-state index in [0.717, 1.165) is 21.3 Å². The molecule has 1 aromatic heterocycles. The van der Waals surface area contributed by atoms with Crippen LogP contribution in [0.5, 0.6) is 0 Å². The molecule has 0 bridgehead atoms. The van der Waals surface area contributed by atoms with Crippen molar-refractivity contribution in [2.75, 3.05) is 25.2 Å². The molecule has 1 N–H and O–H groups in total. The first-order chi connectivity index (χ1) is 12.5. The number of hydrogen-bond donors (Lipinski definition) is 1. The molecule has 2 aromatic rings. The lowest BCUT2D eigenvalue weighted by atomic mass is 10.2. The largest absolute Gasteiger partial charge is 0.325 e. The molecule has 27 heavy (non-hydrogen) atoms. The number of carbonyl (C=O) groups excluding carboxylic acids is 1. The van der Waals surface area contributed by atoms with E-state index < -0.39 is 10.0 Å². The lowest BCUT2D eigenvalue weighted by molar-refractivity contribution is -0.113. The topological polar surface area (TPSA) is 92.3 Å². The van der Waals surface area contributed by atoms with Gasteiger partial charge >= 0.3 is 0 Å². The van der Waals surface area contributed by atoms with Crippen molar-refractivity contribution in [3.63, 3.8) is 0 Å². The average molecular weight is 409 g/mol. The number of thioether (sulfide) groups is 1. The number of aryl methyl sites for hydroxylation is 3. The highest BCUT2D eigenvalue weighted by Gasteiger charge is 2.20. The summed E-state index contributed by atoms with van der Waals surface area (Å²) in [6.45, 7) is 7.50. The summed E-state index contributed by atoms with van der Waals surface area (Å²) in [5.41, 5.74) is 3.88. The molecule has 0 spiro atoms. The van der Waals surface area contributed by atoms with Crippen LogP contribution in [0.1, 0.15) is 22.5 Å². The van der Waals surface area contributed by atoms with E-state index >= 15 is 0 Å². The number of nitrogens with zero attached hydrogens (tertiary/aromatic N) is 3. The Morgan fingerprint density at radius 1 is 1.11 bits per heavy atom. The van der Waals surface area contributed by atoms with Crippen molar-refractivity contribution in [2.24, 2.45) is 0 Å². The van der Waals surface area contributed by atoms with Crippen LogP contribution in [-0.4, -0.2) is 48.4 Å². The van der Waals surface area contributed by atoms with Crippen molar-refractivity contribution in [2.45, 2.75) is 37.7 Å². The molecule has 0 saturated carbocycles. The highest BCUT2D eigenvalue weighted by molar-refractivity contribution is 7.99.